The van der Waals surface area contributed by atoms with Crippen LogP contribution in [0.25, 0.3) is 0 Å². The van der Waals surface area contributed by atoms with E-state index in [2.05, 4.69) is 15.8 Å². The van der Waals surface area contributed by atoms with Crippen LogP contribution in [0.3, 0.4) is 0 Å². The molecule has 1 amide bonds. The Balaban J connectivity index is 1.96. The predicted octanol–water partition coefficient (Wildman–Crippen LogP) is 3.34. The van der Waals surface area contributed by atoms with Gasteiger partial charge in [0.15, 0.2) is 0 Å². The number of nitrogens with one attached hydrogen (secondary N) is 2. The molecule has 2 aromatic rings. The molecule has 0 saturated heterocycles. The summed E-state index contributed by atoms with van der Waals surface area (Å²) in [6, 6.07) is 15.0. The van der Waals surface area contributed by atoms with Crippen LogP contribution < -0.4 is 15.5 Å². The first-order valence-corrected chi connectivity index (χ1v) is 7.82. The van der Waals surface area contributed by atoms with Gasteiger partial charge >= 0.3 is 0 Å². The maximum absolute atomic E-state index is 12.2. The average Bonchev–Trinajstić information content (AvgIpc) is 2.61. The SMILES string of the molecule is COc1ccc(C(C)=NNC(=O)C(C)Nc2ccccc2C)cc1. The van der Waals surface area contributed by atoms with Crippen LogP contribution >= 0.6 is 0 Å². The highest BCUT2D eigenvalue weighted by molar-refractivity contribution is 5.99. The second-order valence-electron chi connectivity index (χ2n) is 5.58. The van der Waals surface area contributed by atoms with E-state index in [1.807, 2.05) is 62.4 Å². The molecule has 0 fully saturated rings. The minimum Gasteiger partial charge on any atom is -0.497 e. The molecule has 1 atom stereocenters. The number of hydrogen-bond acceptors (Lipinski definition) is 4. The minimum atomic E-state index is -0.390. The topological polar surface area (TPSA) is 62.7 Å². The van der Waals surface area contributed by atoms with E-state index in [1.54, 1.807) is 14.0 Å². The van der Waals surface area contributed by atoms with Crippen LogP contribution in [-0.4, -0.2) is 24.8 Å². The zero-order valence-electron chi connectivity index (χ0n) is 14.5. The van der Waals surface area contributed by atoms with Gasteiger partial charge in [0.1, 0.15) is 11.8 Å². The second kappa shape index (κ2) is 8.15. The number of carbonyl (C=O) groups excluding carboxylic acids is 1. The average molecular weight is 325 g/mol. The summed E-state index contributed by atoms with van der Waals surface area (Å²) in [6.07, 6.45) is 0. The zero-order valence-corrected chi connectivity index (χ0v) is 14.5. The summed E-state index contributed by atoms with van der Waals surface area (Å²) in [7, 11) is 1.62. The van der Waals surface area contributed by atoms with E-state index in [1.165, 1.54) is 0 Å². The number of anilines is 1. The van der Waals surface area contributed by atoms with Gasteiger partial charge in [-0.05, 0) is 62.2 Å². The Morgan fingerprint density at radius 2 is 1.79 bits per heavy atom. The fourth-order valence-corrected chi connectivity index (χ4v) is 2.17. The van der Waals surface area contributed by atoms with Crippen molar-refractivity contribution in [1.82, 2.24) is 5.43 Å². The summed E-state index contributed by atoms with van der Waals surface area (Å²) in [5, 5.41) is 7.36. The molecular weight excluding hydrogens is 302 g/mol. The number of nitrogens with zero attached hydrogens (tertiary/aromatic N) is 1. The molecule has 0 aliphatic rings. The van der Waals surface area contributed by atoms with Gasteiger partial charge in [-0.1, -0.05) is 18.2 Å². The molecule has 0 heterocycles. The van der Waals surface area contributed by atoms with Gasteiger partial charge in [-0.3, -0.25) is 4.79 Å². The molecular formula is C19H23N3O2. The van der Waals surface area contributed by atoms with Crippen LogP contribution in [0.15, 0.2) is 53.6 Å². The first kappa shape index (κ1) is 17.5. The number of para-hydroxylation sites is 1. The Morgan fingerprint density at radius 1 is 1.12 bits per heavy atom. The maximum atomic E-state index is 12.2. The third-order valence-corrected chi connectivity index (χ3v) is 3.75. The van der Waals surface area contributed by atoms with Crippen molar-refractivity contribution in [3.63, 3.8) is 0 Å². The molecule has 2 rings (SSSR count). The van der Waals surface area contributed by atoms with Gasteiger partial charge in [0.25, 0.3) is 5.91 Å². The summed E-state index contributed by atoms with van der Waals surface area (Å²) < 4.78 is 5.13. The lowest BCUT2D eigenvalue weighted by atomic mass is 10.1. The molecule has 2 aromatic carbocycles. The van der Waals surface area contributed by atoms with Gasteiger partial charge in [-0.15, -0.1) is 0 Å². The van der Waals surface area contributed by atoms with E-state index in [0.29, 0.717) is 0 Å². The van der Waals surface area contributed by atoms with Crippen molar-refractivity contribution < 1.29 is 9.53 Å². The van der Waals surface area contributed by atoms with Crippen LogP contribution in [0.4, 0.5) is 5.69 Å². The largest absolute Gasteiger partial charge is 0.497 e. The second-order valence-corrected chi connectivity index (χ2v) is 5.58. The number of carbonyl (C=O) groups is 1. The van der Waals surface area contributed by atoms with Crippen LogP contribution in [-0.2, 0) is 4.79 Å². The van der Waals surface area contributed by atoms with E-state index in [0.717, 1.165) is 28.3 Å². The summed E-state index contributed by atoms with van der Waals surface area (Å²) >= 11 is 0. The Morgan fingerprint density at radius 3 is 2.42 bits per heavy atom. The molecule has 2 N–H and O–H groups in total. The standard InChI is InChI=1S/C19H23N3O2/c1-13-7-5-6-8-18(13)20-15(3)19(23)22-21-14(2)16-9-11-17(24-4)12-10-16/h5-12,15,20H,1-4H3,(H,22,23). The highest BCUT2D eigenvalue weighted by atomic mass is 16.5. The molecule has 0 aliphatic heterocycles. The third kappa shape index (κ3) is 4.59. The first-order valence-electron chi connectivity index (χ1n) is 7.82. The first-order chi connectivity index (χ1) is 11.5. The van der Waals surface area contributed by atoms with E-state index < -0.39 is 6.04 Å². The summed E-state index contributed by atoms with van der Waals surface area (Å²) in [5.41, 5.74) is 6.29. The molecule has 1 unspecified atom stereocenters. The molecule has 24 heavy (non-hydrogen) atoms. The number of ether oxygens (including phenoxy) is 1. The number of rotatable bonds is 6. The van der Waals surface area contributed by atoms with Crippen molar-refractivity contribution in [1.29, 1.82) is 0 Å². The fourth-order valence-electron chi connectivity index (χ4n) is 2.17. The van der Waals surface area contributed by atoms with Gasteiger partial charge in [0.05, 0.1) is 12.8 Å². The quantitative estimate of drug-likeness (QED) is 0.632. The molecule has 0 radical (unpaired) electrons. The molecule has 5 nitrogen and oxygen atoms in total. The highest BCUT2D eigenvalue weighted by Gasteiger charge is 2.12. The van der Waals surface area contributed by atoms with Crippen molar-refractivity contribution in [2.24, 2.45) is 5.10 Å². The number of hydrazone groups is 1. The maximum Gasteiger partial charge on any atom is 0.262 e. The van der Waals surface area contributed by atoms with Crippen LogP contribution in [0, 0.1) is 6.92 Å². The Hall–Kier alpha value is -2.82. The van der Waals surface area contributed by atoms with E-state index in [4.69, 9.17) is 4.74 Å². The molecule has 0 bridgehead atoms. The number of aryl methyl sites for hydroxylation is 1. The summed E-state index contributed by atoms with van der Waals surface area (Å²) in [6.45, 7) is 5.65. The minimum absolute atomic E-state index is 0.189. The van der Waals surface area contributed by atoms with Crippen molar-refractivity contribution in [3.8, 4) is 5.75 Å². The molecule has 0 aromatic heterocycles. The van der Waals surface area contributed by atoms with Gasteiger partial charge in [-0.2, -0.15) is 5.10 Å². The third-order valence-electron chi connectivity index (χ3n) is 3.75. The molecule has 0 saturated carbocycles. The normalized spacial score (nSPS) is 12.4. The number of amides is 1. The Labute approximate surface area is 142 Å². The van der Waals surface area contributed by atoms with Gasteiger partial charge in [0, 0.05) is 5.69 Å². The summed E-state index contributed by atoms with van der Waals surface area (Å²) in [5.74, 6) is 0.595. The number of benzene rings is 2. The molecule has 126 valence electrons. The van der Waals surface area contributed by atoms with Gasteiger partial charge in [0.2, 0.25) is 0 Å². The van der Waals surface area contributed by atoms with Gasteiger partial charge < -0.3 is 10.1 Å². The van der Waals surface area contributed by atoms with Crippen LogP contribution in [0.2, 0.25) is 0 Å². The van der Waals surface area contributed by atoms with E-state index in [-0.39, 0.29) is 5.91 Å². The fraction of sp³-hybridized carbons (Fsp3) is 0.263. The summed E-state index contributed by atoms with van der Waals surface area (Å²) in [4.78, 5) is 12.2. The van der Waals surface area contributed by atoms with Crippen molar-refractivity contribution in [2.75, 3.05) is 12.4 Å². The number of hydrogen-bond donors (Lipinski definition) is 2. The van der Waals surface area contributed by atoms with Crippen molar-refractivity contribution in [3.05, 3.63) is 59.7 Å². The molecule has 0 aliphatic carbocycles. The highest BCUT2D eigenvalue weighted by Crippen LogP contribution is 2.14. The lowest BCUT2D eigenvalue weighted by molar-refractivity contribution is -0.121. The molecule has 5 heteroatoms. The van der Waals surface area contributed by atoms with Crippen molar-refractivity contribution >= 4 is 17.3 Å². The zero-order chi connectivity index (χ0) is 17.5. The number of methoxy groups -OCH3 is 1. The molecule has 0 spiro atoms. The smallest absolute Gasteiger partial charge is 0.262 e. The lowest BCUT2D eigenvalue weighted by Gasteiger charge is -2.15. The predicted molar refractivity (Wildman–Crippen MR) is 97.6 cm³/mol. The van der Waals surface area contributed by atoms with Crippen LogP contribution in [0.1, 0.15) is 25.0 Å². The van der Waals surface area contributed by atoms with Crippen molar-refractivity contribution in [2.45, 2.75) is 26.8 Å². The lowest BCUT2D eigenvalue weighted by Crippen LogP contribution is -2.35. The van der Waals surface area contributed by atoms with E-state index in [9.17, 15) is 4.79 Å². The van der Waals surface area contributed by atoms with Gasteiger partial charge in [-0.25, -0.2) is 5.43 Å². The Bertz CT molecular complexity index is 724. The van der Waals surface area contributed by atoms with Crippen LogP contribution in [0.5, 0.6) is 5.75 Å². The Kier molecular flexibility index (Phi) is 5.95. The monoisotopic (exact) mass is 325 g/mol. The van der Waals surface area contributed by atoms with E-state index >= 15 is 0 Å².